The first-order chi connectivity index (χ1) is 57.7. The van der Waals surface area contributed by atoms with Gasteiger partial charge in [-0.05, 0) is 271 Å². The van der Waals surface area contributed by atoms with Crippen LogP contribution in [-0.2, 0) is 14.4 Å². The summed E-state index contributed by atoms with van der Waals surface area (Å²) in [4.78, 5) is 116. The van der Waals surface area contributed by atoms with Crippen molar-refractivity contribution in [3.63, 3.8) is 0 Å². The number of carbonyl (C=O) groups excluding carboxylic acids is 10. The van der Waals surface area contributed by atoms with Crippen molar-refractivity contribution in [2.75, 3.05) is 19.6 Å². The third-order valence-corrected chi connectivity index (χ3v) is 18.3. The van der Waals surface area contributed by atoms with E-state index in [-0.39, 0.29) is 106 Å². The molecular weight excluding hydrogens is 1610 g/mol. The lowest BCUT2D eigenvalue weighted by atomic mass is 9.88. The Kier molecular flexibility index (Phi) is 56.4. The van der Waals surface area contributed by atoms with Gasteiger partial charge in [0.1, 0.15) is 40.6 Å². The predicted molar refractivity (Wildman–Crippen MR) is 476 cm³/mol. The summed E-state index contributed by atoms with van der Waals surface area (Å²) in [7, 11) is 0. The number of nitrogens with one attached hydrogen (secondary N) is 11. The van der Waals surface area contributed by atoms with Crippen molar-refractivity contribution in [3.05, 3.63) is 223 Å². The summed E-state index contributed by atoms with van der Waals surface area (Å²) in [6.07, 6.45) is 19.6. The van der Waals surface area contributed by atoms with Crippen LogP contribution in [-0.4, -0.2) is 126 Å². The van der Waals surface area contributed by atoms with Crippen LogP contribution >= 0.6 is 22.9 Å². The zero-order valence-electron chi connectivity index (χ0n) is 74.0. The fraction of sp³-hybridized carbons (Fsp3) is 0.484. The highest BCUT2D eigenvalue weighted by molar-refractivity contribution is 7.14. The molecule has 5 aromatic carbocycles. The van der Waals surface area contributed by atoms with Crippen LogP contribution in [0.15, 0.2) is 145 Å². The summed E-state index contributed by atoms with van der Waals surface area (Å²) in [5, 5.41) is 29.2. The summed E-state index contributed by atoms with van der Waals surface area (Å²) in [6.45, 7) is 34.1. The summed E-state index contributed by atoms with van der Waals surface area (Å²) in [6, 6.07) is 31.8. The maximum absolute atomic E-state index is 12.9. The lowest BCUT2D eigenvalue weighted by molar-refractivity contribution is -0.127. The minimum Gasteiger partial charge on any atom is -0.357 e. The van der Waals surface area contributed by atoms with Crippen molar-refractivity contribution in [1.82, 2.24) is 58.2 Å². The number of thiophene rings is 1. The molecule has 0 radical (unpaired) electrons. The van der Waals surface area contributed by atoms with Crippen LogP contribution in [0.2, 0.25) is 4.34 Å². The van der Waals surface area contributed by atoms with Crippen molar-refractivity contribution in [2.24, 2.45) is 17.8 Å². The zero-order valence-corrected chi connectivity index (χ0v) is 75.6. The van der Waals surface area contributed by atoms with Crippen molar-refractivity contribution < 1.29 is 74.3 Å². The van der Waals surface area contributed by atoms with Gasteiger partial charge < -0.3 is 58.2 Å². The Labute approximate surface area is 727 Å². The highest BCUT2D eigenvalue weighted by atomic mass is 35.5. The molecule has 10 amide bonds. The third kappa shape index (κ3) is 50.2. The molecule has 21 nitrogen and oxygen atoms in total. The minimum absolute atomic E-state index is 0.0509. The maximum Gasteiger partial charge on any atom is 0.267 e. The molecule has 11 N–H and O–H groups in total. The molecule has 3 aliphatic rings. The fourth-order valence-electron chi connectivity index (χ4n) is 11.5. The lowest BCUT2D eigenvalue weighted by Gasteiger charge is -2.21. The zero-order chi connectivity index (χ0) is 91.8. The van der Waals surface area contributed by atoms with Gasteiger partial charge in [-0.3, -0.25) is 47.9 Å². The summed E-state index contributed by atoms with van der Waals surface area (Å²) >= 11 is 7.04. The smallest absolute Gasteiger partial charge is 0.267 e. The molecule has 3 aliphatic carbocycles. The summed E-state index contributed by atoms with van der Waals surface area (Å²) < 4.78 is 76.3. The molecule has 29 heteroatoms. The number of aromatic amines is 1. The van der Waals surface area contributed by atoms with E-state index in [0.29, 0.717) is 93.9 Å². The lowest BCUT2D eigenvalue weighted by Crippen LogP contribution is -2.36. The average Bonchev–Trinajstić information content (AvgIpc) is 0.912. The Morgan fingerprint density at radius 2 is 0.639 bits per heavy atom. The normalized spacial score (nSPS) is 12.8. The van der Waals surface area contributed by atoms with Gasteiger partial charge in [-0.2, -0.15) is 0 Å². The monoisotopic (exact) mass is 1740 g/mol. The molecule has 674 valence electrons. The molecule has 7 aromatic rings. The number of benzene rings is 5. The van der Waals surface area contributed by atoms with Gasteiger partial charge in [0.05, 0.1) is 21.0 Å². The van der Waals surface area contributed by atoms with Gasteiger partial charge in [0.15, 0.2) is 0 Å². The predicted octanol–water partition coefficient (Wildman–Crippen LogP) is 18.8. The molecule has 3 fully saturated rings. The van der Waals surface area contributed by atoms with E-state index < -0.39 is 23.4 Å². The van der Waals surface area contributed by atoms with Gasteiger partial charge in [0.2, 0.25) is 17.7 Å². The second kappa shape index (κ2) is 62.7. The second-order valence-electron chi connectivity index (χ2n) is 30.9. The number of rotatable bonds is 20. The molecule has 10 rings (SSSR count). The van der Waals surface area contributed by atoms with E-state index in [1.165, 1.54) is 154 Å². The molecule has 2 aromatic heterocycles. The van der Waals surface area contributed by atoms with E-state index in [1.807, 2.05) is 104 Å². The molecule has 0 spiro atoms. The summed E-state index contributed by atoms with van der Waals surface area (Å²) in [5.41, 5.74) is 2.66. The van der Waals surface area contributed by atoms with Crippen LogP contribution in [0.25, 0.3) is 0 Å². The molecule has 122 heavy (non-hydrogen) atoms. The number of amides is 10. The molecule has 0 aliphatic heterocycles. The Morgan fingerprint density at radius 3 is 0.934 bits per heavy atom. The summed E-state index contributed by atoms with van der Waals surface area (Å²) in [5.74, 6) is -2.80. The average molecular weight is 1750 g/mol. The molecule has 3 saturated carbocycles. The highest BCUT2D eigenvalue weighted by Gasteiger charge is 2.24. The quantitative estimate of drug-likeness (QED) is 0.0321. The van der Waals surface area contributed by atoms with E-state index in [1.54, 1.807) is 55.8 Å². The van der Waals surface area contributed by atoms with Crippen LogP contribution in [0.3, 0.4) is 0 Å². The van der Waals surface area contributed by atoms with E-state index in [9.17, 15) is 74.3 Å². The van der Waals surface area contributed by atoms with E-state index >= 15 is 0 Å². The number of hydrogen-bond acceptors (Lipinski definition) is 11. The molecule has 0 unspecified atom stereocenters. The standard InChI is InChI=1S/2C10H12FNO.3C10H19NO.C9H9F2NO.2C9H10FNO.C8H10ClNOS.C8H12N2O/c2*1-7(2)12-10(13)8-3-5-9(11)6-4-8;3*1-8(2)11-10(12)9-6-4-3-5-7-9;1-2-12-9(13)7-4-3-6(10)5-8(7)11;1-2-11-9(12)7-3-5-8(10)6-4-7;1-2-11-9(12)7-5-3-4-6-8(7)10;1-5(2)10-8(11)6-3-7(9)12-4-6;1-6(2)10-8(11)7-4-3-5-9-7/h2*3-7H,1-2H3,(H,12,13);3*8-9H,3-7H2,1-2H3,(H,11,12);3-5H,2H2,1H3,(H,12,13);2*3-6H,2H2,1H3,(H,11,12);3-5H,1-2H3,(H,10,11);3-6,9H,1-2H3,(H,10,11). The largest absolute Gasteiger partial charge is 0.357 e. The molecular formula is C93H132ClF6N11O10S. The third-order valence-electron chi connectivity index (χ3n) is 17.2. The van der Waals surface area contributed by atoms with Gasteiger partial charge in [-0.15, -0.1) is 11.3 Å². The highest BCUT2D eigenvalue weighted by Crippen LogP contribution is 2.26. The van der Waals surface area contributed by atoms with Gasteiger partial charge in [-0.1, -0.05) is 81.5 Å². The fourth-order valence-corrected chi connectivity index (χ4v) is 12.3. The maximum atomic E-state index is 12.9. The van der Waals surface area contributed by atoms with Crippen LogP contribution in [0.5, 0.6) is 0 Å². The van der Waals surface area contributed by atoms with Crippen LogP contribution in [0, 0.1) is 52.7 Å². The van der Waals surface area contributed by atoms with Crippen molar-refractivity contribution in [1.29, 1.82) is 0 Å². The number of aromatic nitrogens is 1. The molecule has 0 bridgehead atoms. The first-order valence-electron chi connectivity index (χ1n) is 42.0. The van der Waals surface area contributed by atoms with Crippen molar-refractivity contribution in [2.45, 2.75) is 256 Å². The van der Waals surface area contributed by atoms with Gasteiger partial charge in [0.25, 0.3) is 41.4 Å². The molecule has 0 saturated heterocycles. The van der Waals surface area contributed by atoms with Gasteiger partial charge >= 0.3 is 0 Å². The van der Waals surface area contributed by atoms with E-state index in [0.717, 1.165) is 50.7 Å². The van der Waals surface area contributed by atoms with Gasteiger partial charge in [0, 0.05) is 114 Å². The second-order valence-corrected chi connectivity index (χ2v) is 32.5. The van der Waals surface area contributed by atoms with E-state index in [2.05, 4.69) is 58.2 Å². The Morgan fingerprint density at radius 1 is 0.336 bits per heavy atom. The van der Waals surface area contributed by atoms with E-state index in [4.69, 9.17) is 11.6 Å². The SMILES string of the molecule is CC(C)NC(=O)C1CCCCC1.CC(C)NC(=O)C1CCCCC1.CC(C)NC(=O)C1CCCCC1.CC(C)NC(=O)c1ccc(F)cc1.CC(C)NC(=O)c1ccc(F)cc1.CC(C)NC(=O)c1ccc[nH]1.CC(C)NC(=O)c1csc(Cl)c1.CCNC(=O)c1ccc(F)cc1.CCNC(=O)c1ccc(F)cc1F.CCNC(=O)c1ccccc1F. The minimum atomic E-state index is -0.842. The number of H-pyrrole nitrogens is 1. The van der Waals surface area contributed by atoms with Crippen molar-refractivity contribution >= 4 is 82.0 Å². The van der Waals surface area contributed by atoms with Crippen LogP contribution in [0.1, 0.15) is 287 Å². The van der Waals surface area contributed by atoms with Crippen LogP contribution < -0.4 is 53.2 Å². The Balaban J connectivity index is 0.000000678. The number of carbonyl (C=O) groups is 10. The molecule has 2 heterocycles. The molecule has 0 atom stereocenters. The first-order valence-corrected chi connectivity index (χ1v) is 43.3. The first kappa shape index (κ1) is 110. The van der Waals surface area contributed by atoms with Crippen LogP contribution in [0.4, 0.5) is 26.3 Å². The topological polar surface area (TPSA) is 307 Å². The van der Waals surface area contributed by atoms with Crippen molar-refractivity contribution in [3.8, 4) is 0 Å². The number of halogens is 7. The Hall–Kier alpha value is -10.4. The number of hydrogen-bond donors (Lipinski definition) is 11. The Bertz CT molecular complexity index is 4020. The van der Waals surface area contributed by atoms with Gasteiger partial charge in [-0.25, -0.2) is 26.3 Å².